The molecule has 0 radical (unpaired) electrons. The summed E-state index contributed by atoms with van der Waals surface area (Å²) in [5.41, 5.74) is 5.59. The second-order valence-electron chi connectivity index (χ2n) is 5.07. The Hall–Kier alpha value is -0.860. The van der Waals surface area contributed by atoms with Crippen molar-refractivity contribution in [2.75, 3.05) is 0 Å². The van der Waals surface area contributed by atoms with Gasteiger partial charge in [-0.05, 0) is 61.1 Å². The van der Waals surface area contributed by atoms with Gasteiger partial charge in [-0.2, -0.15) is 0 Å². The molecule has 0 N–H and O–H groups in total. The minimum absolute atomic E-state index is 1.11. The number of hydrogen-bond donors (Lipinski definition) is 0. The van der Waals surface area contributed by atoms with E-state index < -0.39 is 0 Å². The number of benzene rings is 2. The summed E-state index contributed by atoms with van der Waals surface area (Å²) in [6.07, 6.45) is 2.22. The van der Waals surface area contributed by atoms with Gasteiger partial charge in [-0.1, -0.05) is 59.7 Å². The minimum atomic E-state index is 1.11. The van der Waals surface area contributed by atoms with E-state index in [2.05, 4.69) is 64.1 Å². The van der Waals surface area contributed by atoms with E-state index in [4.69, 9.17) is 0 Å². The fraction of sp³-hybridized carbons (Fsp3) is 0.333. The molecule has 20 heavy (non-hydrogen) atoms. The standard InChI is InChI=1S/C18H22S2/c1-5-15-7-9-17(13(3)11-15)19-20-18-10-8-16(6-2)12-14(18)4/h7-12H,5-6H2,1-4H3. The Morgan fingerprint density at radius 2 is 1.10 bits per heavy atom. The maximum atomic E-state index is 2.30. The van der Waals surface area contributed by atoms with Crippen molar-refractivity contribution in [3.63, 3.8) is 0 Å². The maximum absolute atomic E-state index is 2.30. The van der Waals surface area contributed by atoms with Crippen molar-refractivity contribution in [2.45, 2.75) is 50.3 Å². The molecule has 0 aliphatic carbocycles. The molecule has 0 amide bonds. The first-order chi connectivity index (χ1) is 9.63. The van der Waals surface area contributed by atoms with Gasteiger partial charge < -0.3 is 0 Å². The van der Waals surface area contributed by atoms with Crippen LogP contribution in [0.1, 0.15) is 36.1 Å². The first-order valence-corrected chi connectivity index (χ1v) is 9.32. The lowest BCUT2D eigenvalue weighted by atomic mass is 10.1. The summed E-state index contributed by atoms with van der Waals surface area (Å²) in [5, 5.41) is 0. The second-order valence-corrected chi connectivity index (χ2v) is 7.29. The minimum Gasteiger partial charge on any atom is -0.0613 e. The first-order valence-electron chi connectivity index (χ1n) is 7.17. The van der Waals surface area contributed by atoms with Crippen LogP contribution in [0.2, 0.25) is 0 Å². The van der Waals surface area contributed by atoms with Gasteiger partial charge in [0, 0.05) is 9.79 Å². The quantitative estimate of drug-likeness (QED) is 0.601. The molecule has 0 fully saturated rings. The zero-order valence-electron chi connectivity index (χ0n) is 12.7. The van der Waals surface area contributed by atoms with Gasteiger partial charge in [-0.15, -0.1) is 0 Å². The second kappa shape index (κ2) is 7.24. The molecule has 0 bridgehead atoms. The highest BCUT2D eigenvalue weighted by molar-refractivity contribution is 8.76. The molecule has 0 saturated heterocycles. The molecule has 2 heteroatoms. The van der Waals surface area contributed by atoms with Crippen LogP contribution in [0.4, 0.5) is 0 Å². The van der Waals surface area contributed by atoms with E-state index in [0.29, 0.717) is 0 Å². The van der Waals surface area contributed by atoms with Gasteiger partial charge in [0.1, 0.15) is 0 Å². The highest BCUT2D eigenvalue weighted by atomic mass is 33.1. The molecule has 2 aromatic rings. The highest BCUT2D eigenvalue weighted by Gasteiger charge is 2.05. The van der Waals surface area contributed by atoms with Gasteiger partial charge in [-0.25, -0.2) is 0 Å². The molecule has 0 unspecified atom stereocenters. The number of hydrogen-bond acceptors (Lipinski definition) is 2. The third-order valence-corrected chi connectivity index (χ3v) is 6.20. The summed E-state index contributed by atoms with van der Waals surface area (Å²) < 4.78 is 0. The van der Waals surface area contributed by atoms with E-state index in [0.717, 1.165) is 12.8 Å². The molecule has 0 aliphatic rings. The highest BCUT2D eigenvalue weighted by Crippen LogP contribution is 2.40. The van der Waals surface area contributed by atoms with Gasteiger partial charge in [0.05, 0.1) is 0 Å². The van der Waals surface area contributed by atoms with E-state index in [1.807, 2.05) is 21.6 Å². The summed E-state index contributed by atoms with van der Waals surface area (Å²) in [6, 6.07) is 13.6. The van der Waals surface area contributed by atoms with E-state index in [9.17, 15) is 0 Å². The van der Waals surface area contributed by atoms with Crippen LogP contribution < -0.4 is 0 Å². The average molecular weight is 303 g/mol. The first kappa shape index (κ1) is 15.5. The Bertz CT molecular complexity index is 534. The van der Waals surface area contributed by atoms with Crippen molar-refractivity contribution in [1.29, 1.82) is 0 Å². The summed E-state index contributed by atoms with van der Waals surface area (Å²) in [5.74, 6) is 0. The third kappa shape index (κ3) is 3.83. The van der Waals surface area contributed by atoms with E-state index in [1.165, 1.54) is 32.0 Å². The molecule has 0 aromatic heterocycles. The Labute approximate surface area is 130 Å². The number of rotatable bonds is 5. The zero-order valence-corrected chi connectivity index (χ0v) is 14.3. The normalized spacial score (nSPS) is 10.8. The van der Waals surface area contributed by atoms with Crippen LogP contribution in [-0.2, 0) is 12.8 Å². The van der Waals surface area contributed by atoms with Crippen LogP contribution in [-0.4, -0.2) is 0 Å². The summed E-state index contributed by atoms with van der Waals surface area (Å²) in [6.45, 7) is 8.81. The SMILES string of the molecule is CCc1ccc(SSc2ccc(CC)cc2C)c(C)c1. The van der Waals surface area contributed by atoms with Crippen LogP contribution in [0.5, 0.6) is 0 Å². The van der Waals surface area contributed by atoms with Gasteiger partial charge in [0.15, 0.2) is 0 Å². The topological polar surface area (TPSA) is 0 Å². The summed E-state index contributed by atoms with van der Waals surface area (Å²) >= 11 is 0. The molecule has 0 saturated carbocycles. The summed E-state index contributed by atoms with van der Waals surface area (Å²) in [4.78, 5) is 2.73. The lowest BCUT2D eigenvalue weighted by Crippen LogP contribution is -1.85. The molecule has 0 heterocycles. The monoisotopic (exact) mass is 302 g/mol. The molecular formula is C18H22S2. The van der Waals surface area contributed by atoms with Crippen LogP contribution in [0, 0.1) is 13.8 Å². The fourth-order valence-corrected chi connectivity index (χ4v) is 4.61. The average Bonchev–Trinajstić information content (AvgIpc) is 2.46. The van der Waals surface area contributed by atoms with Gasteiger partial charge >= 0.3 is 0 Å². The van der Waals surface area contributed by atoms with Gasteiger partial charge in [-0.3, -0.25) is 0 Å². The molecule has 2 aromatic carbocycles. The molecule has 0 nitrogen and oxygen atoms in total. The van der Waals surface area contributed by atoms with Crippen molar-refractivity contribution in [3.8, 4) is 0 Å². The Morgan fingerprint density at radius 3 is 1.40 bits per heavy atom. The molecule has 0 spiro atoms. The molecule has 0 aliphatic heterocycles. The summed E-state index contributed by atoms with van der Waals surface area (Å²) in [7, 11) is 3.73. The number of aryl methyl sites for hydroxylation is 4. The Morgan fingerprint density at radius 1 is 0.700 bits per heavy atom. The smallest absolute Gasteiger partial charge is 0.0215 e. The molecule has 2 rings (SSSR count). The largest absolute Gasteiger partial charge is 0.0613 e. The lowest BCUT2D eigenvalue weighted by molar-refractivity contribution is 1.11. The van der Waals surface area contributed by atoms with E-state index in [1.54, 1.807) is 0 Å². The Balaban J connectivity index is 2.09. The zero-order chi connectivity index (χ0) is 14.5. The fourth-order valence-electron chi connectivity index (χ4n) is 2.14. The van der Waals surface area contributed by atoms with E-state index >= 15 is 0 Å². The molecule has 106 valence electrons. The van der Waals surface area contributed by atoms with Gasteiger partial charge in [0.2, 0.25) is 0 Å². The maximum Gasteiger partial charge on any atom is 0.0215 e. The van der Waals surface area contributed by atoms with Crippen molar-refractivity contribution in [1.82, 2.24) is 0 Å². The van der Waals surface area contributed by atoms with Crippen LogP contribution in [0.3, 0.4) is 0 Å². The molecule has 0 atom stereocenters. The lowest BCUT2D eigenvalue weighted by Gasteiger charge is -2.09. The van der Waals surface area contributed by atoms with Crippen LogP contribution >= 0.6 is 21.6 Å². The predicted molar refractivity (Wildman–Crippen MR) is 92.8 cm³/mol. The van der Waals surface area contributed by atoms with Gasteiger partial charge in [0.25, 0.3) is 0 Å². The van der Waals surface area contributed by atoms with Crippen molar-refractivity contribution in [2.24, 2.45) is 0 Å². The van der Waals surface area contributed by atoms with Crippen molar-refractivity contribution < 1.29 is 0 Å². The van der Waals surface area contributed by atoms with Crippen LogP contribution in [0.25, 0.3) is 0 Å². The predicted octanol–water partition coefficient (Wildman–Crippen LogP) is 6.23. The Kier molecular flexibility index (Phi) is 5.62. The molecular weight excluding hydrogens is 280 g/mol. The van der Waals surface area contributed by atoms with Crippen LogP contribution in [0.15, 0.2) is 46.2 Å². The third-order valence-electron chi connectivity index (χ3n) is 3.52. The van der Waals surface area contributed by atoms with Crippen molar-refractivity contribution in [3.05, 3.63) is 58.7 Å². The van der Waals surface area contributed by atoms with E-state index in [-0.39, 0.29) is 0 Å². The van der Waals surface area contributed by atoms with Crippen molar-refractivity contribution >= 4 is 21.6 Å².